The fourth-order valence-corrected chi connectivity index (χ4v) is 3.55. The molecular weight excluding hydrogens is 304 g/mol. The van der Waals surface area contributed by atoms with Crippen LogP contribution in [0.5, 0.6) is 0 Å². The van der Waals surface area contributed by atoms with Crippen LogP contribution in [-0.4, -0.2) is 30.5 Å². The zero-order chi connectivity index (χ0) is 12.7. The first-order valence-electron chi connectivity index (χ1n) is 5.52. The normalized spacial score (nSPS) is 13.5. The maximum absolute atomic E-state index is 11.8. The third kappa shape index (κ3) is 5.61. The van der Waals surface area contributed by atoms with Crippen LogP contribution in [-0.2, 0) is 16.4 Å². The summed E-state index contributed by atoms with van der Waals surface area (Å²) in [5.74, 6) is 0.112. The van der Waals surface area contributed by atoms with E-state index in [2.05, 4.69) is 25.6 Å². The van der Waals surface area contributed by atoms with E-state index in [1.807, 2.05) is 19.1 Å². The van der Waals surface area contributed by atoms with Crippen LogP contribution in [0.3, 0.4) is 0 Å². The van der Waals surface area contributed by atoms with Crippen molar-refractivity contribution < 1.29 is 8.42 Å². The predicted octanol–water partition coefficient (Wildman–Crippen LogP) is 1.72. The van der Waals surface area contributed by atoms with Gasteiger partial charge < -0.3 is 0 Å². The highest BCUT2D eigenvalue weighted by Crippen LogP contribution is 2.03. The van der Waals surface area contributed by atoms with Crippen LogP contribution in [0.25, 0.3) is 0 Å². The van der Waals surface area contributed by atoms with E-state index >= 15 is 0 Å². The van der Waals surface area contributed by atoms with Crippen LogP contribution in [0.2, 0.25) is 0 Å². The highest BCUT2D eigenvalue weighted by Gasteiger charge is 2.15. The SMILES string of the molecule is CCC(CBr)NS(=O)(=O)CCc1ccncc1. The minimum Gasteiger partial charge on any atom is -0.265 e. The Morgan fingerprint density at radius 3 is 2.59 bits per heavy atom. The molecule has 6 heteroatoms. The highest BCUT2D eigenvalue weighted by atomic mass is 79.9. The van der Waals surface area contributed by atoms with Gasteiger partial charge in [-0.1, -0.05) is 22.9 Å². The topological polar surface area (TPSA) is 59.1 Å². The van der Waals surface area contributed by atoms with Crippen LogP contribution < -0.4 is 4.72 Å². The monoisotopic (exact) mass is 320 g/mol. The van der Waals surface area contributed by atoms with Crippen LogP contribution in [0, 0.1) is 0 Å². The molecule has 1 rings (SSSR count). The summed E-state index contributed by atoms with van der Waals surface area (Å²) in [6.45, 7) is 1.96. The van der Waals surface area contributed by atoms with Gasteiger partial charge in [0.2, 0.25) is 10.0 Å². The Morgan fingerprint density at radius 2 is 2.06 bits per heavy atom. The average molecular weight is 321 g/mol. The Hall–Kier alpha value is -0.460. The molecule has 0 saturated carbocycles. The highest BCUT2D eigenvalue weighted by molar-refractivity contribution is 9.09. The Kier molecular flexibility index (Phi) is 6.08. The van der Waals surface area contributed by atoms with Crippen molar-refractivity contribution in [2.45, 2.75) is 25.8 Å². The molecule has 0 aromatic carbocycles. The van der Waals surface area contributed by atoms with Crippen LogP contribution in [0.1, 0.15) is 18.9 Å². The van der Waals surface area contributed by atoms with Crippen molar-refractivity contribution in [1.29, 1.82) is 0 Å². The summed E-state index contributed by atoms with van der Waals surface area (Å²) in [5.41, 5.74) is 0.984. The Balaban J connectivity index is 2.50. The Morgan fingerprint density at radius 1 is 1.41 bits per heavy atom. The first kappa shape index (κ1) is 14.6. The molecule has 0 aliphatic carbocycles. The summed E-state index contributed by atoms with van der Waals surface area (Å²) in [5, 5.41) is 0.637. The molecule has 0 fully saturated rings. The van der Waals surface area contributed by atoms with Gasteiger partial charge in [0.25, 0.3) is 0 Å². The molecule has 96 valence electrons. The average Bonchev–Trinajstić information content (AvgIpc) is 2.35. The lowest BCUT2D eigenvalue weighted by molar-refractivity contribution is 0.558. The van der Waals surface area contributed by atoms with E-state index in [9.17, 15) is 8.42 Å². The number of hydrogen-bond acceptors (Lipinski definition) is 3. The van der Waals surface area contributed by atoms with Crippen molar-refractivity contribution in [3.05, 3.63) is 30.1 Å². The van der Waals surface area contributed by atoms with Crippen molar-refractivity contribution in [2.24, 2.45) is 0 Å². The molecule has 0 bridgehead atoms. The largest absolute Gasteiger partial charge is 0.265 e. The van der Waals surface area contributed by atoms with E-state index in [1.54, 1.807) is 12.4 Å². The lowest BCUT2D eigenvalue weighted by Gasteiger charge is -2.14. The second-order valence-corrected chi connectivity index (χ2v) is 6.32. The number of pyridine rings is 1. The van der Waals surface area contributed by atoms with Gasteiger partial charge in [-0.2, -0.15) is 0 Å². The second-order valence-electron chi connectivity index (χ2n) is 3.80. The number of aromatic nitrogens is 1. The van der Waals surface area contributed by atoms with Crippen LogP contribution >= 0.6 is 15.9 Å². The predicted molar refractivity (Wildman–Crippen MR) is 72.7 cm³/mol. The van der Waals surface area contributed by atoms with Gasteiger partial charge in [-0.05, 0) is 30.5 Å². The maximum Gasteiger partial charge on any atom is 0.212 e. The minimum absolute atomic E-state index is 0.0301. The van der Waals surface area contributed by atoms with Crippen LogP contribution in [0.15, 0.2) is 24.5 Å². The molecule has 1 unspecified atom stereocenters. The summed E-state index contributed by atoms with van der Waals surface area (Å²) < 4.78 is 26.2. The van der Waals surface area contributed by atoms with Crippen molar-refractivity contribution in [2.75, 3.05) is 11.1 Å². The maximum atomic E-state index is 11.8. The van der Waals surface area contributed by atoms with E-state index in [0.717, 1.165) is 12.0 Å². The summed E-state index contributed by atoms with van der Waals surface area (Å²) in [7, 11) is -3.20. The third-order valence-corrected chi connectivity index (χ3v) is 4.65. The van der Waals surface area contributed by atoms with Gasteiger partial charge in [-0.15, -0.1) is 0 Å². The quantitative estimate of drug-likeness (QED) is 0.778. The summed E-state index contributed by atoms with van der Waals surface area (Å²) in [6, 6.07) is 3.63. The molecular formula is C11H17BrN2O2S. The van der Waals surface area contributed by atoms with Crippen LogP contribution in [0.4, 0.5) is 0 Å². The Labute approximate surface area is 111 Å². The molecule has 0 aliphatic heterocycles. The first-order valence-corrected chi connectivity index (χ1v) is 8.29. The van der Waals surface area contributed by atoms with E-state index < -0.39 is 10.0 Å². The van der Waals surface area contributed by atoms with Gasteiger partial charge in [0.05, 0.1) is 5.75 Å². The van der Waals surface area contributed by atoms with E-state index in [4.69, 9.17) is 0 Å². The lowest BCUT2D eigenvalue weighted by Crippen LogP contribution is -2.37. The molecule has 1 N–H and O–H groups in total. The standard InChI is InChI=1S/C11H17BrN2O2S/c1-2-11(9-12)14-17(15,16)8-5-10-3-6-13-7-4-10/h3-4,6-7,11,14H,2,5,8-9H2,1H3. The molecule has 0 radical (unpaired) electrons. The molecule has 0 spiro atoms. The van der Waals surface area contributed by atoms with Gasteiger partial charge >= 0.3 is 0 Å². The zero-order valence-electron chi connectivity index (χ0n) is 9.77. The number of nitrogens with zero attached hydrogens (tertiary/aromatic N) is 1. The number of nitrogens with one attached hydrogen (secondary N) is 1. The molecule has 1 aromatic heterocycles. The summed E-state index contributed by atoms with van der Waals surface area (Å²) in [6.07, 6.45) is 4.63. The Bertz CT molecular complexity index is 418. The molecule has 1 heterocycles. The number of hydrogen-bond donors (Lipinski definition) is 1. The molecule has 0 aliphatic rings. The number of sulfonamides is 1. The van der Waals surface area contributed by atoms with Gasteiger partial charge in [-0.25, -0.2) is 13.1 Å². The van der Waals surface area contributed by atoms with Gasteiger partial charge in [0.15, 0.2) is 0 Å². The smallest absolute Gasteiger partial charge is 0.212 e. The van der Waals surface area contributed by atoms with E-state index in [-0.39, 0.29) is 11.8 Å². The molecule has 4 nitrogen and oxygen atoms in total. The molecule has 1 aromatic rings. The molecule has 0 saturated heterocycles. The zero-order valence-corrected chi connectivity index (χ0v) is 12.2. The number of rotatable bonds is 7. The number of halogens is 1. The van der Waals surface area contributed by atoms with Crippen molar-refractivity contribution in [3.8, 4) is 0 Å². The van der Waals surface area contributed by atoms with Gasteiger partial charge in [0.1, 0.15) is 0 Å². The first-order chi connectivity index (χ1) is 8.07. The van der Waals surface area contributed by atoms with Gasteiger partial charge in [-0.3, -0.25) is 4.98 Å². The van der Waals surface area contributed by atoms with E-state index in [1.165, 1.54) is 0 Å². The third-order valence-electron chi connectivity index (χ3n) is 2.43. The van der Waals surface area contributed by atoms with Gasteiger partial charge in [0, 0.05) is 23.8 Å². The van der Waals surface area contributed by atoms with Crippen molar-refractivity contribution >= 4 is 26.0 Å². The number of aryl methyl sites for hydroxylation is 1. The fourth-order valence-electron chi connectivity index (χ4n) is 1.34. The fraction of sp³-hybridized carbons (Fsp3) is 0.545. The van der Waals surface area contributed by atoms with Crippen molar-refractivity contribution in [1.82, 2.24) is 9.71 Å². The molecule has 17 heavy (non-hydrogen) atoms. The minimum atomic E-state index is -3.20. The number of alkyl halides is 1. The van der Waals surface area contributed by atoms with Crippen molar-refractivity contribution in [3.63, 3.8) is 0 Å². The molecule has 0 amide bonds. The summed E-state index contributed by atoms with van der Waals surface area (Å²) in [4.78, 5) is 3.89. The molecule has 1 atom stereocenters. The van der Waals surface area contributed by atoms with E-state index in [0.29, 0.717) is 11.8 Å². The lowest BCUT2D eigenvalue weighted by atomic mass is 10.2. The second kappa shape index (κ2) is 7.08. The summed E-state index contributed by atoms with van der Waals surface area (Å²) >= 11 is 3.29.